The summed E-state index contributed by atoms with van der Waals surface area (Å²) >= 11 is 0. The lowest BCUT2D eigenvalue weighted by atomic mass is 10.1. The van der Waals surface area contributed by atoms with Gasteiger partial charge in [-0.3, -0.25) is 0 Å². The molecule has 0 atom stereocenters. The van der Waals surface area contributed by atoms with Crippen LogP contribution in [0.5, 0.6) is 0 Å². The van der Waals surface area contributed by atoms with E-state index in [1.165, 1.54) is 27.6 Å². The molecule has 3 aromatic rings. The Labute approximate surface area is 131 Å². The first kappa shape index (κ1) is 14.3. The highest BCUT2D eigenvalue weighted by atomic mass is 15.1. The lowest BCUT2D eigenvalue weighted by Crippen LogP contribution is -2.25. The fourth-order valence-electron chi connectivity index (χ4n) is 2.45. The molecule has 0 aliphatic rings. The molecule has 110 valence electrons. The predicted molar refractivity (Wildman–Crippen MR) is 94.8 cm³/mol. The summed E-state index contributed by atoms with van der Waals surface area (Å²) in [7, 11) is 6.16. The van der Waals surface area contributed by atoms with Gasteiger partial charge in [0.2, 0.25) is 0 Å². The third kappa shape index (κ3) is 3.17. The molecular formula is C20H21N2+. The Morgan fingerprint density at radius 2 is 1.41 bits per heavy atom. The Kier molecular flexibility index (Phi) is 3.92. The van der Waals surface area contributed by atoms with Crippen molar-refractivity contribution in [2.24, 2.45) is 7.05 Å². The highest BCUT2D eigenvalue weighted by molar-refractivity contribution is 5.88. The van der Waals surface area contributed by atoms with Crippen LogP contribution in [0.4, 0.5) is 5.69 Å². The maximum atomic E-state index is 2.23. The van der Waals surface area contributed by atoms with Gasteiger partial charge in [0, 0.05) is 31.9 Å². The van der Waals surface area contributed by atoms with Gasteiger partial charge in [0.15, 0.2) is 12.4 Å². The van der Waals surface area contributed by atoms with Crippen molar-refractivity contribution in [1.82, 2.24) is 0 Å². The molecule has 0 aliphatic carbocycles. The summed E-state index contributed by atoms with van der Waals surface area (Å²) in [4.78, 5) is 2.13. The summed E-state index contributed by atoms with van der Waals surface area (Å²) in [5.74, 6) is 0. The van der Waals surface area contributed by atoms with Crippen LogP contribution in [0.25, 0.3) is 22.9 Å². The first-order chi connectivity index (χ1) is 10.6. The van der Waals surface area contributed by atoms with Gasteiger partial charge in [0.05, 0.1) is 0 Å². The van der Waals surface area contributed by atoms with Gasteiger partial charge in [0.1, 0.15) is 7.05 Å². The Bertz CT molecular complexity index is 815. The quantitative estimate of drug-likeness (QED) is 0.663. The normalized spacial score (nSPS) is 11.2. The molecule has 0 bridgehead atoms. The number of rotatable bonds is 3. The van der Waals surface area contributed by atoms with Gasteiger partial charge in [-0.25, -0.2) is 4.57 Å². The molecule has 2 nitrogen and oxygen atoms in total. The Morgan fingerprint density at radius 3 is 2.14 bits per heavy atom. The Morgan fingerprint density at radius 1 is 0.773 bits per heavy atom. The number of aryl methyl sites for hydroxylation is 1. The minimum absolute atomic E-state index is 1.21. The molecule has 2 heteroatoms. The van der Waals surface area contributed by atoms with Crippen LogP contribution in [0.15, 0.2) is 60.9 Å². The second kappa shape index (κ2) is 6.02. The fraction of sp³-hybridized carbons (Fsp3) is 0.150. The first-order valence-electron chi connectivity index (χ1n) is 7.46. The van der Waals surface area contributed by atoms with Crippen LogP contribution in [0.3, 0.4) is 0 Å². The molecule has 1 heterocycles. The van der Waals surface area contributed by atoms with Crippen LogP contribution in [0.1, 0.15) is 11.1 Å². The summed E-state index contributed by atoms with van der Waals surface area (Å²) in [6.45, 7) is 0. The number of aromatic nitrogens is 1. The molecule has 1 aromatic heterocycles. The number of fused-ring (bicyclic) bond motifs is 1. The van der Waals surface area contributed by atoms with Gasteiger partial charge in [-0.05, 0) is 40.1 Å². The number of anilines is 1. The fourth-order valence-corrected chi connectivity index (χ4v) is 2.45. The van der Waals surface area contributed by atoms with Crippen molar-refractivity contribution < 1.29 is 4.57 Å². The van der Waals surface area contributed by atoms with Gasteiger partial charge in [0.25, 0.3) is 0 Å². The number of hydrogen-bond acceptors (Lipinski definition) is 1. The van der Waals surface area contributed by atoms with E-state index in [1.807, 2.05) is 11.6 Å². The molecule has 0 saturated heterocycles. The summed E-state index contributed by atoms with van der Waals surface area (Å²) in [5.41, 5.74) is 3.66. The van der Waals surface area contributed by atoms with E-state index in [0.29, 0.717) is 0 Å². The van der Waals surface area contributed by atoms with Crippen molar-refractivity contribution in [3.8, 4) is 0 Å². The Balaban J connectivity index is 1.88. The van der Waals surface area contributed by atoms with Crippen LogP contribution in [0.2, 0.25) is 0 Å². The zero-order valence-electron chi connectivity index (χ0n) is 13.3. The summed E-state index contributed by atoms with van der Waals surface area (Å²) in [6.07, 6.45) is 8.43. The molecule has 0 aliphatic heterocycles. The standard InChI is InChI=1S/C20H21N2/c1-21(2)20-9-8-18-14-17(6-7-19(18)15-20)5-4-16-10-12-22(3)13-11-16/h4-15H,1-3H3/q+1. The third-order valence-electron chi connectivity index (χ3n) is 3.84. The van der Waals surface area contributed by atoms with Crippen molar-refractivity contribution in [1.29, 1.82) is 0 Å². The molecule has 0 saturated carbocycles. The third-order valence-corrected chi connectivity index (χ3v) is 3.84. The van der Waals surface area contributed by atoms with Gasteiger partial charge in [-0.15, -0.1) is 0 Å². The van der Waals surface area contributed by atoms with E-state index in [-0.39, 0.29) is 0 Å². The number of nitrogens with zero attached hydrogens (tertiary/aromatic N) is 2. The lowest BCUT2D eigenvalue weighted by Gasteiger charge is -2.13. The average Bonchev–Trinajstić information content (AvgIpc) is 2.53. The van der Waals surface area contributed by atoms with Crippen molar-refractivity contribution in [2.45, 2.75) is 0 Å². The molecule has 2 aromatic carbocycles. The SMILES string of the molecule is CN(C)c1ccc2cc(/C=C/c3cc[n+](C)cc3)ccc2c1. The van der Waals surface area contributed by atoms with Crippen LogP contribution < -0.4 is 9.47 Å². The lowest BCUT2D eigenvalue weighted by molar-refractivity contribution is -0.671. The van der Waals surface area contributed by atoms with E-state index in [2.05, 4.69) is 92.1 Å². The van der Waals surface area contributed by atoms with Crippen LogP contribution in [-0.2, 0) is 7.05 Å². The number of pyridine rings is 1. The maximum Gasteiger partial charge on any atom is 0.169 e. The maximum absolute atomic E-state index is 2.23. The highest BCUT2D eigenvalue weighted by Gasteiger charge is 1.99. The second-order valence-corrected chi connectivity index (χ2v) is 5.82. The zero-order valence-corrected chi connectivity index (χ0v) is 13.3. The molecule has 0 fully saturated rings. The van der Waals surface area contributed by atoms with Gasteiger partial charge >= 0.3 is 0 Å². The second-order valence-electron chi connectivity index (χ2n) is 5.82. The Hall–Kier alpha value is -2.61. The van der Waals surface area contributed by atoms with Crippen molar-refractivity contribution in [2.75, 3.05) is 19.0 Å². The first-order valence-corrected chi connectivity index (χ1v) is 7.46. The minimum Gasteiger partial charge on any atom is -0.378 e. The van der Waals surface area contributed by atoms with Crippen LogP contribution in [-0.4, -0.2) is 14.1 Å². The van der Waals surface area contributed by atoms with E-state index in [0.717, 1.165) is 0 Å². The van der Waals surface area contributed by atoms with Gasteiger partial charge in [-0.1, -0.05) is 30.4 Å². The van der Waals surface area contributed by atoms with E-state index < -0.39 is 0 Å². The molecule has 0 unspecified atom stereocenters. The van der Waals surface area contributed by atoms with E-state index in [1.54, 1.807) is 0 Å². The molecule has 22 heavy (non-hydrogen) atoms. The molecule has 3 rings (SSSR count). The summed E-state index contributed by atoms with van der Waals surface area (Å²) in [6, 6.07) is 17.4. The summed E-state index contributed by atoms with van der Waals surface area (Å²) < 4.78 is 2.04. The van der Waals surface area contributed by atoms with E-state index >= 15 is 0 Å². The van der Waals surface area contributed by atoms with Crippen molar-refractivity contribution in [3.63, 3.8) is 0 Å². The predicted octanol–water partition coefficient (Wildman–Crippen LogP) is 3.90. The molecular weight excluding hydrogens is 268 g/mol. The number of benzene rings is 2. The minimum atomic E-state index is 1.21. The van der Waals surface area contributed by atoms with Gasteiger partial charge < -0.3 is 4.90 Å². The van der Waals surface area contributed by atoms with Crippen molar-refractivity contribution in [3.05, 3.63) is 72.1 Å². The largest absolute Gasteiger partial charge is 0.378 e. The van der Waals surface area contributed by atoms with E-state index in [9.17, 15) is 0 Å². The van der Waals surface area contributed by atoms with Crippen molar-refractivity contribution >= 4 is 28.6 Å². The van der Waals surface area contributed by atoms with Gasteiger partial charge in [-0.2, -0.15) is 0 Å². The van der Waals surface area contributed by atoms with Crippen LogP contribution in [0, 0.1) is 0 Å². The topological polar surface area (TPSA) is 7.12 Å². The highest BCUT2D eigenvalue weighted by Crippen LogP contribution is 2.22. The molecule has 0 spiro atoms. The average molecular weight is 289 g/mol. The molecule has 0 amide bonds. The monoisotopic (exact) mass is 289 g/mol. The smallest absolute Gasteiger partial charge is 0.169 e. The molecule has 0 N–H and O–H groups in total. The van der Waals surface area contributed by atoms with Crippen LogP contribution >= 0.6 is 0 Å². The summed E-state index contributed by atoms with van der Waals surface area (Å²) in [5, 5.41) is 2.54. The van der Waals surface area contributed by atoms with E-state index in [4.69, 9.17) is 0 Å². The zero-order chi connectivity index (χ0) is 15.5. The number of hydrogen-bond donors (Lipinski definition) is 0. The molecule has 0 radical (unpaired) electrons.